The topological polar surface area (TPSA) is 41.6 Å². The van der Waals surface area contributed by atoms with E-state index in [-0.39, 0.29) is 47.6 Å². The summed E-state index contributed by atoms with van der Waals surface area (Å²) in [5.41, 5.74) is -5.31. The fourth-order valence-corrected chi connectivity index (χ4v) is 4.94. The minimum absolute atomic E-state index is 0.147. The first kappa shape index (κ1) is 27.9. The predicted molar refractivity (Wildman–Crippen MR) is 126 cm³/mol. The number of rotatable bonds is 5. The number of alkyl halides is 7. The van der Waals surface area contributed by atoms with Gasteiger partial charge in [0, 0.05) is 5.56 Å². The highest BCUT2D eigenvalue weighted by molar-refractivity contribution is 7.99. The van der Waals surface area contributed by atoms with Gasteiger partial charge in [0.15, 0.2) is 5.67 Å². The molecule has 1 saturated heterocycles. The van der Waals surface area contributed by atoms with E-state index in [0.717, 1.165) is 0 Å². The van der Waals surface area contributed by atoms with Gasteiger partial charge in [0.1, 0.15) is 0 Å². The Kier molecular flexibility index (Phi) is 7.19. The monoisotopic (exact) mass is 588 g/mol. The number of thioether (sulfide) groups is 1. The number of halogens is 9. The van der Waals surface area contributed by atoms with Gasteiger partial charge in [-0.2, -0.15) is 38.1 Å². The predicted octanol–water partition coefficient (Wildman–Crippen LogP) is 6.72. The summed E-state index contributed by atoms with van der Waals surface area (Å²) in [5.74, 6) is 0.0216. The molecular formula is C23H17Cl2F7N2O2S. The van der Waals surface area contributed by atoms with E-state index in [4.69, 9.17) is 28.0 Å². The molecule has 1 amide bonds. The lowest BCUT2D eigenvalue weighted by Crippen LogP contribution is -2.59. The first-order valence-corrected chi connectivity index (χ1v) is 12.6. The molecule has 4 rings (SSSR count). The molecule has 0 aliphatic carbocycles. The van der Waals surface area contributed by atoms with Crippen LogP contribution in [0.4, 0.5) is 30.7 Å². The number of carbonyl (C=O) groups is 1. The Balaban J connectivity index is 1.65. The van der Waals surface area contributed by atoms with Crippen LogP contribution in [0.2, 0.25) is 10.0 Å². The van der Waals surface area contributed by atoms with E-state index in [0.29, 0.717) is 12.1 Å². The Morgan fingerprint density at radius 2 is 1.70 bits per heavy atom. The highest BCUT2D eigenvalue weighted by atomic mass is 35.5. The largest absolute Gasteiger partial charge is 0.428 e. The summed E-state index contributed by atoms with van der Waals surface area (Å²) in [4.78, 5) is 18.1. The number of hydrogen-bond donors (Lipinski definition) is 1. The van der Waals surface area contributed by atoms with Crippen LogP contribution in [0.5, 0.6) is 0 Å². The van der Waals surface area contributed by atoms with Crippen LogP contribution in [0, 0.1) is 0 Å². The van der Waals surface area contributed by atoms with E-state index in [2.05, 4.69) is 5.48 Å². The number of likely N-dealkylation sites (tertiary alicyclic amines) is 1. The van der Waals surface area contributed by atoms with E-state index in [1.54, 1.807) is 6.26 Å². The fraction of sp³-hybridized carbons (Fsp3) is 0.348. The van der Waals surface area contributed by atoms with Crippen LogP contribution in [0.1, 0.15) is 22.3 Å². The van der Waals surface area contributed by atoms with E-state index < -0.39 is 44.8 Å². The number of hydroxylamine groups is 1. The van der Waals surface area contributed by atoms with Crippen molar-refractivity contribution in [2.45, 2.75) is 23.6 Å². The van der Waals surface area contributed by atoms with Crippen LogP contribution in [-0.2, 0) is 27.1 Å². The molecule has 0 aromatic heterocycles. The summed E-state index contributed by atoms with van der Waals surface area (Å²) in [6.07, 6.45) is -7.95. The zero-order valence-electron chi connectivity index (χ0n) is 18.7. The second-order valence-corrected chi connectivity index (χ2v) is 10.2. The Bertz CT molecular complexity index is 1250. The number of nitrogens with one attached hydrogen (secondary N) is 1. The Morgan fingerprint density at radius 1 is 1.08 bits per heavy atom. The summed E-state index contributed by atoms with van der Waals surface area (Å²) < 4.78 is 98.0. The molecule has 14 heteroatoms. The average Bonchev–Trinajstić information content (AvgIpc) is 3.25. The Morgan fingerprint density at radius 3 is 2.24 bits per heavy atom. The lowest BCUT2D eigenvalue weighted by Gasteiger charge is -2.44. The van der Waals surface area contributed by atoms with Crippen LogP contribution in [0.25, 0.3) is 5.70 Å². The van der Waals surface area contributed by atoms with Crippen LogP contribution in [-0.4, -0.2) is 42.1 Å². The van der Waals surface area contributed by atoms with Crippen molar-refractivity contribution >= 4 is 46.6 Å². The number of nitrogens with zero attached hydrogens (tertiary/aromatic N) is 1. The highest BCUT2D eigenvalue weighted by Crippen LogP contribution is 2.50. The quantitative estimate of drug-likeness (QED) is 0.394. The molecule has 2 aromatic rings. The van der Waals surface area contributed by atoms with Gasteiger partial charge in [-0.25, -0.2) is 4.39 Å². The molecule has 0 saturated carbocycles. The SMILES string of the molecule is CSCC(=O)N1CC(F)(c2ccc(C3=CC(c4cc(Cl)c(Cl)c(C(F)(F)F)c4)(C(F)(F)F)ON3)cc2)C1. The molecule has 200 valence electrons. The van der Waals surface area contributed by atoms with Gasteiger partial charge in [0.05, 0.1) is 40.1 Å². The van der Waals surface area contributed by atoms with Gasteiger partial charge in [-0.05, 0) is 35.6 Å². The van der Waals surface area contributed by atoms with Gasteiger partial charge in [-0.1, -0.05) is 47.5 Å². The summed E-state index contributed by atoms with van der Waals surface area (Å²) in [7, 11) is 0. The third-order valence-corrected chi connectivity index (χ3v) is 7.41. The Labute approximate surface area is 220 Å². The zero-order chi connectivity index (χ0) is 27.4. The third-order valence-electron chi connectivity index (χ3n) is 6.07. The van der Waals surface area contributed by atoms with E-state index in [1.165, 1.54) is 40.9 Å². The minimum atomic E-state index is -5.20. The zero-order valence-corrected chi connectivity index (χ0v) is 21.1. The number of hydrogen-bond acceptors (Lipinski definition) is 4. The molecule has 1 unspecified atom stereocenters. The van der Waals surface area contributed by atoms with Crippen molar-refractivity contribution in [2.24, 2.45) is 0 Å². The molecule has 2 heterocycles. The molecule has 0 bridgehead atoms. The molecule has 2 aliphatic heterocycles. The van der Waals surface area contributed by atoms with Crippen molar-refractivity contribution in [1.82, 2.24) is 10.4 Å². The van der Waals surface area contributed by atoms with Crippen molar-refractivity contribution in [3.8, 4) is 0 Å². The van der Waals surface area contributed by atoms with Crippen LogP contribution in [0.15, 0.2) is 42.5 Å². The van der Waals surface area contributed by atoms with Crippen molar-refractivity contribution < 1.29 is 40.4 Å². The van der Waals surface area contributed by atoms with Gasteiger partial charge in [-0.15, -0.1) is 0 Å². The van der Waals surface area contributed by atoms with Gasteiger partial charge in [-0.3, -0.25) is 15.1 Å². The van der Waals surface area contributed by atoms with Crippen molar-refractivity contribution in [3.05, 3.63) is 74.8 Å². The van der Waals surface area contributed by atoms with E-state index in [1.807, 2.05) is 0 Å². The van der Waals surface area contributed by atoms with Gasteiger partial charge in [0.2, 0.25) is 11.5 Å². The number of benzene rings is 2. The molecule has 0 spiro atoms. The summed E-state index contributed by atoms with van der Waals surface area (Å²) in [6, 6.07) is 6.30. The number of amides is 1. The molecule has 0 radical (unpaired) electrons. The molecule has 1 N–H and O–H groups in total. The van der Waals surface area contributed by atoms with Crippen molar-refractivity contribution in [3.63, 3.8) is 0 Å². The lowest BCUT2D eigenvalue weighted by molar-refractivity contribution is -0.269. The van der Waals surface area contributed by atoms with E-state index >= 15 is 4.39 Å². The average molecular weight is 589 g/mol. The van der Waals surface area contributed by atoms with Crippen LogP contribution in [0.3, 0.4) is 0 Å². The third kappa shape index (κ3) is 5.00. The molecule has 2 aliphatic rings. The van der Waals surface area contributed by atoms with Crippen LogP contribution < -0.4 is 5.48 Å². The first-order valence-electron chi connectivity index (χ1n) is 10.5. The van der Waals surface area contributed by atoms with Crippen molar-refractivity contribution in [2.75, 3.05) is 25.1 Å². The van der Waals surface area contributed by atoms with Crippen LogP contribution >= 0.6 is 35.0 Å². The molecule has 1 fully saturated rings. The maximum Gasteiger partial charge on any atom is 0.428 e. The second kappa shape index (κ2) is 9.55. The molecule has 4 nitrogen and oxygen atoms in total. The smallest absolute Gasteiger partial charge is 0.335 e. The molecule has 2 aromatic carbocycles. The minimum Gasteiger partial charge on any atom is -0.335 e. The Hall–Kier alpha value is -2.15. The lowest BCUT2D eigenvalue weighted by atomic mass is 9.87. The summed E-state index contributed by atoms with van der Waals surface area (Å²) >= 11 is 12.6. The maximum atomic E-state index is 15.2. The maximum absolute atomic E-state index is 15.2. The molecule has 1 atom stereocenters. The van der Waals surface area contributed by atoms with Crippen molar-refractivity contribution in [1.29, 1.82) is 0 Å². The normalized spacial score (nSPS) is 21.4. The molecule has 37 heavy (non-hydrogen) atoms. The highest BCUT2D eigenvalue weighted by Gasteiger charge is 2.60. The summed E-state index contributed by atoms with van der Waals surface area (Å²) in [6.45, 7) is -0.294. The first-order chi connectivity index (χ1) is 17.1. The van der Waals surface area contributed by atoms with Gasteiger partial charge < -0.3 is 4.90 Å². The number of carbonyl (C=O) groups excluding carboxylic acids is 1. The standard InChI is InChI=1S/C23H17Cl2F7N2O2S/c1-37-9-18(35)34-10-20(26,11-34)13-4-2-12(3-5-13)17-8-21(36-33-17,23(30,31)32)14-6-15(22(27,28)29)19(25)16(24)7-14/h2-8,33H,9-11H2,1H3. The molecular weight excluding hydrogens is 572 g/mol. The fourth-order valence-electron chi connectivity index (χ4n) is 4.08. The summed E-state index contributed by atoms with van der Waals surface area (Å²) in [5, 5.41) is -1.67. The van der Waals surface area contributed by atoms with Gasteiger partial charge >= 0.3 is 12.4 Å². The van der Waals surface area contributed by atoms with Gasteiger partial charge in [0.25, 0.3) is 0 Å². The second-order valence-electron chi connectivity index (χ2n) is 8.54. The van der Waals surface area contributed by atoms with E-state index in [9.17, 15) is 31.1 Å².